The van der Waals surface area contributed by atoms with Gasteiger partial charge in [0, 0.05) is 5.92 Å². The molecule has 122 valence electrons. The van der Waals surface area contributed by atoms with Crippen molar-refractivity contribution in [3.05, 3.63) is 38.8 Å². The summed E-state index contributed by atoms with van der Waals surface area (Å²) in [5.41, 5.74) is 0.814. The Kier molecular flexibility index (Phi) is 5.51. The average Bonchev–Trinajstić information content (AvgIpc) is 3.00. The second-order valence-corrected chi connectivity index (χ2v) is 7.58. The van der Waals surface area contributed by atoms with E-state index in [-0.39, 0.29) is 12.3 Å². The summed E-state index contributed by atoms with van der Waals surface area (Å²) in [7, 11) is 0. The Balaban J connectivity index is 1.59. The van der Waals surface area contributed by atoms with Gasteiger partial charge in [-0.25, -0.2) is 0 Å². The Morgan fingerprint density at radius 3 is 2.70 bits per heavy atom. The molecular weight excluding hydrogens is 353 g/mol. The molecule has 1 amide bonds. The standard InChI is InChI=1S/C16H17Cl2N3OS/c17-12-7-6-10(8-13(12)18)9-14(22)19-16-21-20-15(23-16)11-4-2-1-3-5-11/h6-8,11H,1-5,9H2,(H,19,21,22). The number of nitrogens with zero attached hydrogens (tertiary/aromatic N) is 2. The predicted molar refractivity (Wildman–Crippen MR) is 94.5 cm³/mol. The monoisotopic (exact) mass is 369 g/mol. The molecule has 0 bridgehead atoms. The number of nitrogens with one attached hydrogen (secondary N) is 1. The Morgan fingerprint density at radius 1 is 1.17 bits per heavy atom. The first kappa shape index (κ1) is 16.7. The van der Waals surface area contributed by atoms with Gasteiger partial charge >= 0.3 is 0 Å². The third kappa shape index (κ3) is 4.43. The molecule has 1 aliphatic carbocycles. The highest BCUT2D eigenvalue weighted by molar-refractivity contribution is 7.15. The highest BCUT2D eigenvalue weighted by Gasteiger charge is 2.20. The molecule has 0 aliphatic heterocycles. The van der Waals surface area contributed by atoms with Gasteiger partial charge in [0.05, 0.1) is 16.5 Å². The highest BCUT2D eigenvalue weighted by atomic mass is 35.5. The van der Waals surface area contributed by atoms with Crippen molar-refractivity contribution >= 4 is 45.6 Å². The molecule has 0 radical (unpaired) electrons. The van der Waals surface area contributed by atoms with Crippen LogP contribution in [0, 0.1) is 0 Å². The first-order chi connectivity index (χ1) is 11.1. The number of anilines is 1. The minimum Gasteiger partial charge on any atom is -0.300 e. The zero-order valence-electron chi connectivity index (χ0n) is 12.5. The SMILES string of the molecule is O=C(Cc1ccc(Cl)c(Cl)c1)Nc1nnc(C2CCCCC2)s1. The lowest BCUT2D eigenvalue weighted by Crippen LogP contribution is -2.14. The fourth-order valence-electron chi connectivity index (χ4n) is 2.80. The van der Waals surface area contributed by atoms with Crippen molar-refractivity contribution in [3.63, 3.8) is 0 Å². The van der Waals surface area contributed by atoms with Crippen molar-refractivity contribution in [2.75, 3.05) is 5.32 Å². The summed E-state index contributed by atoms with van der Waals surface area (Å²) in [6, 6.07) is 5.19. The van der Waals surface area contributed by atoms with E-state index >= 15 is 0 Å². The van der Waals surface area contributed by atoms with Crippen LogP contribution in [-0.2, 0) is 11.2 Å². The van der Waals surface area contributed by atoms with E-state index in [0.29, 0.717) is 21.1 Å². The van der Waals surface area contributed by atoms with Crippen LogP contribution in [0.25, 0.3) is 0 Å². The molecular formula is C16H17Cl2N3OS. The number of carbonyl (C=O) groups is 1. The van der Waals surface area contributed by atoms with Crippen molar-refractivity contribution in [1.29, 1.82) is 0 Å². The number of aromatic nitrogens is 2. The van der Waals surface area contributed by atoms with Gasteiger partial charge in [0.2, 0.25) is 11.0 Å². The fraction of sp³-hybridized carbons (Fsp3) is 0.438. The van der Waals surface area contributed by atoms with Crippen LogP contribution in [0.3, 0.4) is 0 Å². The largest absolute Gasteiger partial charge is 0.300 e. The summed E-state index contributed by atoms with van der Waals surface area (Å²) in [6.45, 7) is 0. The third-order valence-corrected chi connectivity index (χ3v) is 5.73. The molecule has 7 heteroatoms. The van der Waals surface area contributed by atoms with Crippen LogP contribution in [0.4, 0.5) is 5.13 Å². The number of rotatable bonds is 4. The van der Waals surface area contributed by atoms with Crippen molar-refractivity contribution in [1.82, 2.24) is 10.2 Å². The fourth-order valence-corrected chi connectivity index (χ4v) is 4.05. The zero-order chi connectivity index (χ0) is 16.2. The van der Waals surface area contributed by atoms with Crippen LogP contribution < -0.4 is 5.32 Å². The maximum Gasteiger partial charge on any atom is 0.230 e. The van der Waals surface area contributed by atoms with Gasteiger partial charge in [0.15, 0.2) is 0 Å². The van der Waals surface area contributed by atoms with Crippen LogP contribution in [-0.4, -0.2) is 16.1 Å². The third-order valence-electron chi connectivity index (χ3n) is 3.99. The van der Waals surface area contributed by atoms with Gasteiger partial charge in [0.25, 0.3) is 0 Å². The zero-order valence-corrected chi connectivity index (χ0v) is 14.8. The van der Waals surface area contributed by atoms with Crippen molar-refractivity contribution < 1.29 is 4.79 Å². The van der Waals surface area contributed by atoms with E-state index in [1.54, 1.807) is 18.2 Å². The molecule has 1 aromatic heterocycles. The molecule has 1 saturated carbocycles. The van der Waals surface area contributed by atoms with E-state index in [0.717, 1.165) is 10.6 Å². The Labute approximate surface area is 149 Å². The van der Waals surface area contributed by atoms with Gasteiger partial charge in [-0.05, 0) is 30.5 Å². The summed E-state index contributed by atoms with van der Waals surface area (Å²) in [5.74, 6) is 0.372. The lowest BCUT2D eigenvalue weighted by atomic mass is 9.90. The van der Waals surface area contributed by atoms with Crippen molar-refractivity contribution in [3.8, 4) is 0 Å². The van der Waals surface area contributed by atoms with E-state index in [4.69, 9.17) is 23.2 Å². The first-order valence-electron chi connectivity index (χ1n) is 7.69. The smallest absolute Gasteiger partial charge is 0.230 e. The van der Waals surface area contributed by atoms with E-state index in [2.05, 4.69) is 15.5 Å². The Morgan fingerprint density at radius 2 is 1.96 bits per heavy atom. The number of carbonyl (C=O) groups excluding carboxylic acids is 1. The summed E-state index contributed by atoms with van der Waals surface area (Å²) in [5, 5.41) is 13.7. The van der Waals surface area contributed by atoms with Gasteiger partial charge in [-0.3, -0.25) is 4.79 Å². The minimum atomic E-state index is -0.130. The molecule has 3 rings (SSSR count). The van der Waals surface area contributed by atoms with E-state index in [1.807, 2.05) is 0 Å². The molecule has 1 fully saturated rings. The molecule has 0 spiro atoms. The van der Waals surface area contributed by atoms with E-state index in [1.165, 1.54) is 43.4 Å². The summed E-state index contributed by atoms with van der Waals surface area (Å²) in [6.07, 6.45) is 6.39. The second-order valence-electron chi connectivity index (χ2n) is 5.75. The average molecular weight is 370 g/mol. The summed E-state index contributed by atoms with van der Waals surface area (Å²) >= 11 is 13.3. The van der Waals surface area contributed by atoms with E-state index in [9.17, 15) is 4.79 Å². The molecule has 0 unspecified atom stereocenters. The normalized spacial score (nSPS) is 15.6. The minimum absolute atomic E-state index is 0.130. The van der Waals surface area contributed by atoms with Gasteiger partial charge in [0.1, 0.15) is 5.01 Å². The van der Waals surface area contributed by atoms with Gasteiger partial charge in [-0.1, -0.05) is 59.9 Å². The highest BCUT2D eigenvalue weighted by Crippen LogP contribution is 2.35. The number of hydrogen-bond acceptors (Lipinski definition) is 4. The van der Waals surface area contributed by atoms with Gasteiger partial charge in [-0.15, -0.1) is 10.2 Å². The summed E-state index contributed by atoms with van der Waals surface area (Å²) < 4.78 is 0. The number of benzene rings is 1. The first-order valence-corrected chi connectivity index (χ1v) is 9.26. The molecule has 1 N–H and O–H groups in total. The topological polar surface area (TPSA) is 54.9 Å². The summed E-state index contributed by atoms with van der Waals surface area (Å²) in [4.78, 5) is 12.1. The Bertz CT molecular complexity index is 698. The predicted octanol–water partition coefficient (Wildman–Crippen LogP) is 5.07. The molecule has 4 nitrogen and oxygen atoms in total. The molecule has 0 saturated heterocycles. The number of amides is 1. The lowest BCUT2D eigenvalue weighted by Gasteiger charge is -2.18. The maximum absolute atomic E-state index is 12.1. The van der Waals surface area contributed by atoms with Gasteiger partial charge in [-0.2, -0.15) is 0 Å². The van der Waals surface area contributed by atoms with Crippen LogP contribution >= 0.6 is 34.5 Å². The molecule has 1 heterocycles. The quantitative estimate of drug-likeness (QED) is 0.817. The lowest BCUT2D eigenvalue weighted by molar-refractivity contribution is -0.115. The molecule has 2 aromatic rings. The van der Waals surface area contributed by atoms with Crippen LogP contribution in [0.2, 0.25) is 10.0 Å². The van der Waals surface area contributed by atoms with Gasteiger partial charge < -0.3 is 5.32 Å². The number of halogens is 2. The second kappa shape index (κ2) is 7.60. The molecule has 1 aliphatic rings. The Hall–Kier alpha value is -1.17. The maximum atomic E-state index is 12.1. The van der Waals surface area contributed by atoms with Crippen molar-refractivity contribution in [2.45, 2.75) is 44.4 Å². The number of hydrogen-bond donors (Lipinski definition) is 1. The van der Waals surface area contributed by atoms with Crippen LogP contribution in [0.5, 0.6) is 0 Å². The van der Waals surface area contributed by atoms with Crippen LogP contribution in [0.15, 0.2) is 18.2 Å². The van der Waals surface area contributed by atoms with Crippen molar-refractivity contribution in [2.24, 2.45) is 0 Å². The molecule has 1 aromatic carbocycles. The van der Waals surface area contributed by atoms with Crippen LogP contribution in [0.1, 0.15) is 48.6 Å². The molecule has 23 heavy (non-hydrogen) atoms. The van der Waals surface area contributed by atoms with E-state index < -0.39 is 0 Å². The molecule has 0 atom stereocenters.